The molecule has 4 rings (SSSR count). The number of nitrogens with zero attached hydrogens (tertiary/aromatic N) is 2. The molecule has 0 amide bonds. The Bertz CT molecular complexity index is 1190. The SMILES string of the molecule is Cc1cc(O)cc(=O)n1CCc1c(C)n(Cc2ccccc2)c2ccccc12. The van der Waals surface area contributed by atoms with Gasteiger partial charge in [-0.2, -0.15) is 0 Å². The molecule has 0 atom stereocenters. The van der Waals surface area contributed by atoms with Crippen molar-refractivity contribution >= 4 is 10.9 Å². The molecule has 0 spiro atoms. The quantitative estimate of drug-likeness (QED) is 0.564. The molecule has 0 saturated heterocycles. The smallest absolute Gasteiger partial charge is 0.254 e. The van der Waals surface area contributed by atoms with Gasteiger partial charge in [0.15, 0.2) is 0 Å². The van der Waals surface area contributed by atoms with Gasteiger partial charge in [0, 0.05) is 41.4 Å². The minimum atomic E-state index is -0.164. The van der Waals surface area contributed by atoms with E-state index in [1.807, 2.05) is 13.0 Å². The maximum Gasteiger partial charge on any atom is 0.254 e. The lowest BCUT2D eigenvalue weighted by atomic mass is 10.1. The number of benzene rings is 2. The summed E-state index contributed by atoms with van der Waals surface area (Å²) in [5.41, 5.74) is 5.59. The topological polar surface area (TPSA) is 47.2 Å². The van der Waals surface area contributed by atoms with Gasteiger partial charge in [-0.3, -0.25) is 4.79 Å². The van der Waals surface area contributed by atoms with Gasteiger partial charge in [-0.15, -0.1) is 0 Å². The van der Waals surface area contributed by atoms with Crippen LogP contribution in [-0.2, 0) is 19.5 Å². The Kier molecular flexibility index (Phi) is 4.78. The fraction of sp³-hybridized carbons (Fsp3) is 0.208. The van der Waals surface area contributed by atoms with Crippen molar-refractivity contribution in [3.63, 3.8) is 0 Å². The zero-order valence-corrected chi connectivity index (χ0v) is 16.2. The van der Waals surface area contributed by atoms with Crippen molar-refractivity contribution in [3.8, 4) is 5.75 Å². The van der Waals surface area contributed by atoms with Crippen molar-refractivity contribution in [2.45, 2.75) is 33.4 Å². The van der Waals surface area contributed by atoms with Gasteiger partial charge in [-0.1, -0.05) is 48.5 Å². The van der Waals surface area contributed by atoms with E-state index in [0.717, 1.165) is 18.7 Å². The first kappa shape index (κ1) is 18.1. The highest BCUT2D eigenvalue weighted by molar-refractivity contribution is 5.85. The molecule has 4 heteroatoms. The summed E-state index contributed by atoms with van der Waals surface area (Å²) >= 11 is 0. The second-order valence-electron chi connectivity index (χ2n) is 7.25. The lowest BCUT2D eigenvalue weighted by Crippen LogP contribution is -2.22. The summed E-state index contributed by atoms with van der Waals surface area (Å²) in [6, 6.07) is 21.8. The molecule has 2 aromatic carbocycles. The van der Waals surface area contributed by atoms with Crippen LogP contribution in [0.3, 0.4) is 0 Å². The number of aromatic nitrogens is 2. The van der Waals surface area contributed by atoms with Crippen molar-refractivity contribution in [1.82, 2.24) is 9.13 Å². The van der Waals surface area contributed by atoms with Gasteiger partial charge in [-0.25, -0.2) is 0 Å². The predicted molar refractivity (Wildman–Crippen MR) is 113 cm³/mol. The molecule has 0 aliphatic carbocycles. The van der Waals surface area contributed by atoms with E-state index in [4.69, 9.17) is 0 Å². The normalized spacial score (nSPS) is 11.2. The number of aromatic hydroxyl groups is 1. The molecule has 0 aliphatic heterocycles. The van der Waals surface area contributed by atoms with Crippen LogP contribution in [0.2, 0.25) is 0 Å². The van der Waals surface area contributed by atoms with E-state index < -0.39 is 0 Å². The zero-order chi connectivity index (χ0) is 19.7. The Balaban J connectivity index is 1.72. The fourth-order valence-corrected chi connectivity index (χ4v) is 4.01. The van der Waals surface area contributed by atoms with Crippen molar-refractivity contribution in [1.29, 1.82) is 0 Å². The molecule has 0 saturated carbocycles. The molecule has 142 valence electrons. The monoisotopic (exact) mass is 372 g/mol. The third-order valence-electron chi connectivity index (χ3n) is 5.45. The van der Waals surface area contributed by atoms with Crippen LogP contribution in [0.4, 0.5) is 0 Å². The minimum absolute atomic E-state index is 0.0226. The van der Waals surface area contributed by atoms with Crippen LogP contribution in [0, 0.1) is 13.8 Å². The Morgan fingerprint density at radius 3 is 2.36 bits per heavy atom. The van der Waals surface area contributed by atoms with Crippen LogP contribution in [0.15, 0.2) is 71.5 Å². The van der Waals surface area contributed by atoms with E-state index in [1.54, 1.807) is 10.6 Å². The lowest BCUT2D eigenvalue weighted by molar-refractivity contribution is 0.469. The molecular weight excluding hydrogens is 348 g/mol. The van der Waals surface area contributed by atoms with Crippen LogP contribution < -0.4 is 5.56 Å². The summed E-state index contributed by atoms with van der Waals surface area (Å²) in [7, 11) is 0. The summed E-state index contributed by atoms with van der Waals surface area (Å²) in [5, 5.41) is 10.9. The zero-order valence-electron chi connectivity index (χ0n) is 16.2. The molecule has 4 aromatic rings. The number of hydrogen-bond donors (Lipinski definition) is 1. The highest BCUT2D eigenvalue weighted by atomic mass is 16.3. The average Bonchev–Trinajstić information content (AvgIpc) is 2.94. The second kappa shape index (κ2) is 7.39. The first-order chi connectivity index (χ1) is 13.5. The minimum Gasteiger partial charge on any atom is -0.508 e. The Hall–Kier alpha value is -3.27. The summed E-state index contributed by atoms with van der Waals surface area (Å²) in [5.74, 6) is 0.0226. The average molecular weight is 372 g/mol. The molecule has 28 heavy (non-hydrogen) atoms. The number of hydrogen-bond acceptors (Lipinski definition) is 2. The van der Waals surface area contributed by atoms with Gasteiger partial charge in [0.05, 0.1) is 0 Å². The van der Waals surface area contributed by atoms with Gasteiger partial charge in [-0.05, 0) is 43.5 Å². The summed E-state index contributed by atoms with van der Waals surface area (Å²) in [4.78, 5) is 12.3. The van der Waals surface area contributed by atoms with Crippen LogP contribution in [0.1, 0.15) is 22.5 Å². The van der Waals surface area contributed by atoms with Crippen LogP contribution in [0.5, 0.6) is 5.75 Å². The molecular formula is C24H24N2O2. The highest BCUT2D eigenvalue weighted by Crippen LogP contribution is 2.27. The molecule has 0 bridgehead atoms. The molecule has 0 aliphatic rings. The fourth-order valence-electron chi connectivity index (χ4n) is 4.01. The maximum absolute atomic E-state index is 12.3. The first-order valence-corrected chi connectivity index (χ1v) is 9.55. The largest absolute Gasteiger partial charge is 0.508 e. The van der Waals surface area contributed by atoms with Crippen molar-refractivity contribution in [2.75, 3.05) is 0 Å². The van der Waals surface area contributed by atoms with Crippen molar-refractivity contribution in [3.05, 3.63) is 99.6 Å². The number of pyridine rings is 1. The Morgan fingerprint density at radius 1 is 0.893 bits per heavy atom. The third kappa shape index (κ3) is 3.33. The highest BCUT2D eigenvalue weighted by Gasteiger charge is 2.14. The van der Waals surface area contributed by atoms with E-state index in [0.29, 0.717) is 6.54 Å². The lowest BCUT2D eigenvalue weighted by Gasteiger charge is -2.11. The molecule has 4 nitrogen and oxygen atoms in total. The number of fused-ring (bicyclic) bond motifs is 1. The van der Waals surface area contributed by atoms with Crippen molar-refractivity contribution < 1.29 is 5.11 Å². The number of aryl methyl sites for hydroxylation is 2. The van der Waals surface area contributed by atoms with E-state index in [9.17, 15) is 9.90 Å². The molecule has 1 N–H and O–H groups in total. The van der Waals surface area contributed by atoms with Crippen LogP contribution in [-0.4, -0.2) is 14.2 Å². The van der Waals surface area contributed by atoms with E-state index >= 15 is 0 Å². The van der Waals surface area contributed by atoms with E-state index in [1.165, 1.54) is 33.8 Å². The number of rotatable bonds is 5. The molecule has 0 unspecified atom stereocenters. The van der Waals surface area contributed by atoms with Gasteiger partial charge in [0.25, 0.3) is 5.56 Å². The number of para-hydroxylation sites is 1. The second-order valence-corrected chi connectivity index (χ2v) is 7.25. The molecule has 2 aromatic heterocycles. The van der Waals surface area contributed by atoms with E-state index in [-0.39, 0.29) is 11.3 Å². The third-order valence-corrected chi connectivity index (χ3v) is 5.45. The Morgan fingerprint density at radius 2 is 1.61 bits per heavy atom. The standard InChI is InChI=1S/C24H24N2O2/c1-17-14-20(27)15-24(28)25(17)13-12-21-18(2)26(16-19-8-4-3-5-9-19)23-11-7-6-10-22(21)23/h3-11,14-15,27H,12-13,16H2,1-2H3. The maximum atomic E-state index is 12.3. The summed E-state index contributed by atoms with van der Waals surface area (Å²) in [6.45, 7) is 5.42. The molecule has 0 radical (unpaired) electrons. The Labute approximate surface area is 164 Å². The van der Waals surface area contributed by atoms with Crippen molar-refractivity contribution in [2.24, 2.45) is 0 Å². The van der Waals surface area contributed by atoms with Gasteiger partial charge in [0.1, 0.15) is 5.75 Å². The summed E-state index contributed by atoms with van der Waals surface area (Å²) < 4.78 is 4.08. The van der Waals surface area contributed by atoms with Crippen LogP contribution in [0.25, 0.3) is 10.9 Å². The molecule has 0 fully saturated rings. The predicted octanol–water partition coefficient (Wildman–Crippen LogP) is 4.42. The molecule has 2 heterocycles. The van der Waals surface area contributed by atoms with E-state index in [2.05, 4.69) is 60.0 Å². The first-order valence-electron chi connectivity index (χ1n) is 9.55. The summed E-state index contributed by atoms with van der Waals surface area (Å²) in [6.07, 6.45) is 0.764. The van der Waals surface area contributed by atoms with Gasteiger partial charge in [0.2, 0.25) is 0 Å². The van der Waals surface area contributed by atoms with Crippen LogP contribution >= 0.6 is 0 Å². The van der Waals surface area contributed by atoms with Gasteiger partial charge >= 0.3 is 0 Å². The van der Waals surface area contributed by atoms with Gasteiger partial charge < -0.3 is 14.2 Å².